The molecule has 40 heavy (non-hydrogen) atoms. The molecule has 2 aliphatic heterocycles. The third kappa shape index (κ3) is 4.30. The molecule has 6 rings (SSSR count). The van der Waals surface area contributed by atoms with E-state index in [2.05, 4.69) is 87.3 Å². The molecular weight excluding hydrogens is 496 g/mol. The second-order valence-electron chi connectivity index (χ2n) is 11.4. The molecule has 0 amide bonds. The first kappa shape index (κ1) is 26.0. The van der Waals surface area contributed by atoms with Gasteiger partial charge in [-0.1, -0.05) is 56.7 Å². The van der Waals surface area contributed by atoms with Crippen LogP contribution in [0.1, 0.15) is 65.4 Å². The summed E-state index contributed by atoms with van der Waals surface area (Å²) in [6.45, 7) is 12.8. The van der Waals surface area contributed by atoms with Crippen LogP contribution < -0.4 is 15.0 Å². The first-order valence-corrected chi connectivity index (χ1v) is 14.2. The van der Waals surface area contributed by atoms with E-state index in [1.807, 2.05) is 36.4 Å². The summed E-state index contributed by atoms with van der Waals surface area (Å²) in [4.78, 5) is 15.7. The topological polar surface area (TPSA) is 50.8 Å². The minimum absolute atomic E-state index is 0.321. The average molecular weight is 533 g/mol. The molecule has 4 aromatic carbocycles. The summed E-state index contributed by atoms with van der Waals surface area (Å²) in [5, 5.41) is 3.57. The lowest BCUT2D eigenvalue weighted by Gasteiger charge is -2.37. The van der Waals surface area contributed by atoms with Crippen molar-refractivity contribution < 1.29 is 14.3 Å². The minimum Gasteiger partial charge on any atom is -0.456 e. The molecule has 1 atom stereocenters. The smallest absolute Gasteiger partial charge is 0.340 e. The van der Waals surface area contributed by atoms with E-state index < -0.39 is 5.60 Å². The Morgan fingerprint density at radius 3 is 2.48 bits per heavy atom. The van der Waals surface area contributed by atoms with Crippen LogP contribution in [-0.2, 0) is 10.3 Å². The number of esters is 1. The number of nitrogens with zero attached hydrogens (tertiary/aromatic N) is 1. The highest BCUT2D eigenvalue weighted by atomic mass is 16.6. The largest absolute Gasteiger partial charge is 0.456 e. The molecule has 0 bridgehead atoms. The zero-order valence-electron chi connectivity index (χ0n) is 23.9. The van der Waals surface area contributed by atoms with E-state index in [-0.39, 0.29) is 5.97 Å². The van der Waals surface area contributed by atoms with Crippen molar-refractivity contribution in [3.8, 4) is 11.5 Å². The molecular formula is C35H36N2O3. The van der Waals surface area contributed by atoms with Crippen molar-refractivity contribution in [1.82, 2.24) is 0 Å². The fraction of sp³-hybridized carbons (Fsp3) is 0.286. The second kappa shape index (κ2) is 10.1. The summed E-state index contributed by atoms with van der Waals surface area (Å²) < 4.78 is 13.0. The number of hydrogen-bond donors (Lipinski definition) is 1. The van der Waals surface area contributed by atoms with E-state index in [0.29, 0.717) is 17.2 Å². The Morgan fingerprint density at radius 1 is 0.875 bits per heavy atom. The zero-order chi connectivity index (χ0) is 28.0. The third-order valence-electron chi connectivity index (χ3n) is 7.80. The summed E-state index contributed by atoms with van der Waals surface area (Å²) in [6.07, 6.45) is 1.05. The van der Waals surface area contributed by atoms with E-state index in [1.165, 1.54) is 5.56 Å². The van der Waals surface area contributed by atoms with Gasteiger partial charge in [-0.25, -0.2) is 4.79 Å². The predicted molar refractivity (Wildman–Crippen MR) is 161 cm³/mol. The van der Waals surface area contributed by atoms with Crippen LogP contribution in [0.4, 0.5) is 17.1 Å². The average Bonchev–Trinajstić information content (AvgIpc) is 3.23. The van der Waals surface area contributed by atoms with Crippen molar-refractivity contribution in [1.29, 1.82) is 0 Å². The maximum absolute atomic E-state index is 13.3. The highest BCUT2D eigenvalue weighted by Crippen LogP contribution is 2.57. The van der Waals surface area contributed by atoms with Gasteiger partial charge in [-0.3, -0.25) is 0 Å². The molecule has 1 spiro atoms. The van der Waals surface area contributed by atoms with Gasteiger partial charge < -0.3 is 19.7 Å². The summed E-state index contributed by atoms with van der Waals surface area (Å²) >= 11 is 0. The SMILES string of the molecule is CCCN(CC(C)C)c1ccc2c(c1)Oc1ccc(Nc3ccc(C)cc3C)cc1C21OC(=O)c2ccccc21. The first-order valence-electron chi connectivity index (χ1n) is 14.2. The van der Waals surface area contributed by atoms with Gasteiger partial charge in [-0.2, -0.15) is 0 Å². The number of rotatable bonds is 7. The van der Waals surface area contributed by atoms with Crippen molar-refractivity contribution in [3.05, 3.63) is 112 Å². The number of benzene rings is 4. The van der Waals surface area contributed by atoms with Crippen LogP contribution in [0.15, 0.2) is 78.9 Å². The van der Waals surface area contributed by atoms with Crippen LogP contribution in [0.2, 0.25) is 0 Å². The second-order valence-corrected chi connectivity index (χ2v) is 11.4. The van der Waals surface area contributed by atoms with Crippen molar-refractivity contribution in [3.63, 3.8) is 0 Å². The lowest BCUT2D eigenvalue weighted by Crippen LogP contribution is -2.33. The lowest BCUT2D eigenvalue weighted by atomic mass is 9.77. The van der Waals surface area contributed by atoms with Gasteiger partial charge in [0, 0.05) is 52.9 Å². The van der Waals surface area contributed by atoms with Crippen LogP contribution in [0, 0.1) is 19.8 Å². The van der Waals surface area contributed by atoms with Gasteiger partial charge in [0.2, 0.25) is 0 Å². The number of carbonyl (C=O) groups is 1. The molecule has 0 aromatic heterocycles. The highest BCUT2D eigenvalue weighted by Gasteiger charge is 2.53. The number of aryl methyl sites for hydroxylation is 2. The van der Waals surface area contributed by atoms with E-state index in [4.69, 9.17) is 9.47 Å². The van der Waals surface area contributed by atoms with Crippen LogP contribution in [-0.4, -0.2) is 19.1 Å². The van der Waals surface area contributed by atoms with Gasteiger partial charge in [-0.15, -0.1) is 0 Å². The highest BCUT2D eigenvalue weighted by molar-refractivity contribution is 5.97. The van der Waals surface area contributed by atoms with Gasteiger partial charge in [-0.05, 0) is 74.2 Å². The molecule has 0 saturated carbocycles. The van der Waals surface area contributed by atoms with Gasteiger partial charge >= 0.3 is 5.97 Å². The maximum atomic E-state index is 13.3. The maximum Gasteiger partial charge on any atom is 0.340 e. The van der Waals surface area contributed by atoms with E-state index in [1.54, 1.807) is 0 Å². The summed E-state index contributed by atoms with van der Waals surface area (Å²) in [7, 11) is 0. The van der Waals surface area contributed by atoms with Gasteiger partial charge in [0.1, 0.15) is 11.5 Å². The quantitative estimate of drug-likeness (QED) is 0.242. The van der Waals surface area contributed by atoms with Gasteiger partial charge in [0.25, 0.3) is 0 Å². The van der Waals surface area contributed by atoms with E-state index in [0.717, 1.165) is 64.6 Å². The number of anilines is 3. The Morgan fingerprint density at radius 2 is 1.70 bits per heavy atom. The Hall–Kier alpha value is -4.25. The molecule has 0 radical (unpaired) electrons. The van der Waals surface area contributed by atoms with Crippen LogP contribution in [0.3, 0.4) is 0 Å². The fourth-order valence-corrected chi connectivity index (χ4v) is 6.08. The molecule has 5 nitrogen and oxygen atoms in total. The molecule has 2 aliphatic rings. The first-order chi connectivity index (χ1) is 19.3. The van der Waals surface area contributed by atoms with Crippen molar-refractivity contribution in [2.75, 3.05) is 23.3 Å². The fourth-order valence-electron chi connectivity index (χ4n) is 6.08. The molecule has 4 aromatic rings. The number of fused-ring (bicyclic) bond motifs is 6. The van der Waals surface area contributed by atoms with Gasteiger partial charge in [0.15, 0.2) is 5.60 Å². The number of hydrogen-bond acceptors (Lipinski definition) is 5. The minimum atomic E-state index is -1.09. The lowest BCUT2D eigenvalue weighted by molar-refractivity contribution is 0.0224. The molecule has 204 valence electrons. The van der Waals surface area contributed by atoms with E-state index in [9.17, 15) is 4.79 Å². The Bertz CT molecular complexity index is 1610. The molecule has 0 fully saturated rings. The van der Waals surface area contributed by atoms with Crippen LogP contribution in [0.5, 0.6) is 11.5 Å². The van der Waals surface area contributed by atoms with Crippen molar-refractivity contribution in [2.24, 2.45) is 5.92 Å². The Labute approximate surface area is 236 Å². The van der Waals surface area contributed by atoms with Gasteiger partial charge in [0.05, 0.1) is 5.56 Å². The van der Waals surface area contributed by atoms with Crippen LogP contribution in [0.25, 0.3) is 0 Å². The normalized spacial score (nSPS) is 16.7. The Kier molecular flexibility index (Phi) is 6.53. The monoisotopic (exact) mass is 532 g/mol. The Balaban J connectivity index is 1.50. The number of carbonyl (C=O) groups excluding carboxylic acids is 1. The molecule has 5 heteroatoms. The molecule has 1 unspecified atom stereocenters. The standard InChI is InChI=1S/C35H36N2O3/c1-6-17-37(21-22(2)3)26-13-14-29-33(20-26)39-32-16-12-25(36-31-15-11-23(4)18-24(31)5)19-30(32)35(29)28-10-8-7-9-27(28)34(38)40-35/h7-16,18-20,22,36H,6,17,21H2,1-5H3. The van der Waals surface area contributed by atoms with Crippen molar-refractivity contribution in [2.45, 2.75) is 46.6 Å². The molecule has 0 saturated heterocycles. The van der Waals surface area contributed by atoms with Crippen LogP contribution >= 0.6 is 0 Å². The summed E-state index contributed by atoms with van der Waals surface area (Å²) in [5.74, 6) is 1.61. The van der Waals surface area contributed by atoms with E-state index >= 15 is 0 Å². The number of nitrogens with one attached hydrogen (secondary N) is 1. The third-order valence-corrected chi connectivity index (χ3v) is 7.80. The predicted octanol–water partition coefficient (Wildman–Crippen LogP) is 8.49. The summed E-state index contributed by atoms with van der Waals surface area (Å²) in [6, 6.07) is 26.4. The van der Waals surface area contributed by atoms with Crippen molar-refractivity contribution >= 4 is 23.0 Å². The number of ether oxygens (including phenoxy) is 2. The molecule has 1 N–H and O–H groups in total. The molecule has 0 aliphatic carbocycles. The summed E-state index contributed by atoms with van der Waals surface area (Å²) in [5.41, 5.74) is 7.42. The zero-order valence-corrected chi connectivity index (χ0v) is 23.9. The molecule has 2 heterocycles.